The van der Waals surface area contributed by atoms with Crippen LogP contribution in [0.4, 0.5) is 5.82 Å². The summed E-state index contributed by atoms with van der Waals surface area (Å²) in [6.07, 6.45) is 1.14. The molecule has 1 aromatic heterocycles. The molecular weight excluding hydrogens is 318 g/mol. The number of nitrogens with two attached hydrogens (primary N) is 1. The molecule has 118 valence electrons. The third kappa shape index (κ3) is 2.69. The fraction of sp³-hybridized carbons (Fsp3) is 0.214. The maximum atomic E-state index is 12.2. The Bertz CT molecular complexity index is 898. The Kier molecular flexibility index (Phi) is 3.63. The Morgan fingerprint density at radius 3 is 2.57 bits per heavy atom. The van der Waals surface area contributed by atoms with Crippen molar-refractivity contribution in [1.82, 2.24) is 9.78 Å². The second-order valence-electron chi connectivity index (χ2n) is 5.16. The molecule has 1 fully saturated rings. The largest absolute Gasteiger partial charge is 0.294 e. The van der Waals surface area contributed by atoms with Crippen molar-refractivity contribution in [3.63, 3.8) is 0 Å². The highest BCUT2D eigenvalue weighted by molar-refractivity contribution is 7.89. The van der Waals surface area contributed by atoms with Gasteiger partial charge in [0.2, 0.25) is 15.9 Å². The van der Waals surface area contributed by atoms with Crippen molar-refractivity contribution >= 4 is 21.7 Å². The van der Waals surface area contributed by atoms with E-state index in [1.807, 2.05) is 12.1 Å². The van der Waals surface area contributed by atoms with Crippen molar-refractivity contribution in [1.29, 1.82) is 5.26 Å². The molecule has 1 unspecified atom stereocenters. The Labute approximate surface area is 132 Å². The predicted molar refractivity (Wildman–Crippen MR) is 82.1 cm³/mol. The molecule has 1 aromatic carbocycles. The number of hydrogen-bond donors (Lipinski definition) is 1. The van der Waals surface area contributed by atoms with Gasteiger partial charge >= 0.3 is 0 Å². The number of carbonyl (C=O) groups is 1. The minimum absolute atomic E-state index is 0.0924. The van der Waals surface area contributed by atoms with Crippen LogP contribution < -0.4 is 10.0 Å². The number of benzene rings is 1. The van der Waals surface area contributed by atoms with Gasteiger partial charge in [0.1, 0.15) is 16.9 Å². The summed E-state index contributed by atoms with van der Waals surface area (Å²) in [5.74, 6) is -0.145. The van der Waals surface area contributed by atoms with Gasteiger partial charge in [0.15, 0.2) is 5.82 Å². The molecule has 1 amide bonds. The molecule has 0 spiro atoms. The first-order valence-corrected chi connectivity index (χ1v) is 8.38. The number of sulfonamides is 1. The molecule has 2 heterocycles. The first-order valence-electron chi connectivity index (χ1n) is 6.77. The highest BCUT2D eigenvalue weighted by atomic mass is 32.2. The number of para-hydroxylation sites is 1. The zero-order chi connectivity index (χ0) is 16.6. The van der Waals surface area contributed by atoms with Crippen molar-refractivity contribution in [3.8, 4) is 11.8 Å². The monoisotopic (exact) mass is 331 g/mol. The van der Waals surface area contributed by atoms with Crippen LogP contribution in [0.3, 0.4) is 0 Å². The summed E-state index contributed by atoms with van der Waals surface area (Å²) in [7, 11) is -3.83. The molecule has 0 aliphatic carbocycles. The normalized spacial score (nSPS) is 18.2. The lowest BCUT2D eigenvalue weighted by Crippen LogP contribution is -2.33. The predicted octanol–water partition coefficient (Wildman–Crippen LogP) is 0.138. The molecule has 2 N–H and O–H groups in total. The molecule has 9 heteroatoms. The zero-order valence-electron chi connectivity index (χ0n) is 12.0. The van der Waals surface area contributed by atoms with E-state index in [0.717, 1.165) is 0 Å². The number of rotatable bonds is 3. The van der Waals surface area contributed by atoms with Crippen LogP contribution >= 0.6 is 0 Å². The molecule has 23 heavy (non-hydrogen) atoms. The fourth-order valence-electron chi connectivity index (χ4n) is 2.54. The standard InChI is InChI=1S/C14H13N5O3S/c15-7-10-8-17-19(11-4-2-1-3-5-11)14(10)18-9-12(6-13(18)20)23(16,21)22/h1-5,8,12H,6,9H2,(H2,16,21,22). The molecule has 1 aliphatic rings. The number of primary sulfonamides is 1. The van der Waals surface area contributed by atoms with E-state index >= 15 is 0 Å². The quantitative estimate of drug-likeness (QED) is 0.857. The van der Waals surface area contributed by atoms with E-state index in [9.17, 15) is 18.5 Å². The molecular formula is C14H13N5O3S. The van der Waals surface area contributed by atoms with E-state index in [2.05, 4.69) is 5.10 Å². The molecule has 8 nitrogen and oxygen atoms in total. The van der Waals surface area contributed by atoms with Crippen LogP contribution in [0.25, 0.3) is 5.69 Å². The molecule has 1 atom stereocenters. The summed E-state index contributed by atoms with van der Waals surface area (Å²) in [5.41, 5.74) is 0.855. The van der Waals surface area contributed by atoms with Gasteiger partial charge < -0.3 is 0 Å². The van der Waals surface area contributed by atoms with Crippen LogP contribution in [-0.4, -0.2) is 35.9 Å². The van der Waals surface area contributed by atoms with Crippen molar-refractivity contribution in [2.24, 2.45) is 5.14 Å². The Morgan fingerprint density at radius 2 is 2.00 bits per heavy atom. The van der Waals surface area contributed by atoms with E-state index in [1.54, 1.807) is 24.3 Å². The summed E-state index contributed by atoms with van der Waals surface area (Å²) in [5, 5.41) is 17.6. The van der Waals surface area contributed by atoms with Crippen LogP contribution in [-0.2, 0) is 14.8 Å². The fourth-order valence-corrected chi connectivity index (χ4v) is 3.27. The maximum absolute atomic E-state index is 12.2. The molecule has 1 saturated heterocycles. The van der Waals surface area contributed by atoms with Gasteiger partial charge in [0, 0.05) is 13.0 Å². The Hall–Kier alpha value is -2.70. The van der Waals surface area contributed by atoms with E-state index < -0.39 is 21.2 Å². The lowest BCUT2D eigenvalue weighted by Gasteiger charge is -2.18. The number of hydrogen-bond acceptors (Lipinski definition) is 5. The third-order valence-corrected chi connectivity index (χ3v) is 4.92. The van der Waals surface area contributed by atoms with Crippen LogP contribution in [0.5, 0.6) is 0 Å². The molecule has 0 saturated carbocycles. The average molecular weight is 331 g/mol. The van der Waals surface area contributed by atoms with Crippen molar-refractivity contribution in [2.75, 3.05) is 11.4 Å². The van der Waals surface area contributed by atoms with Crippen molar-refractivity contribution < 1.29 is 13.2 Å². The minimum Gasteiger partial charge on any atom is -0.294 e. The summed E-state index contributed by atoms with van der Waals surface area (Å²) in [6, 6.07) is 10.9. The molecule has 1 aliphatic heterocycles. The third-order valence-electron chi connectivity index (χ3n) is 3.67. The lowest BCUT2D eigenvalue weighted by molar-refractivity contribution is -0.117. The second kappa shape index (κ2) is 5.49. The zero-order valence-corrected chi connectivity index (χ0v) is 12.8. The van der Waals surface area contributed by atoms with Crippen LogP contribution in [0, 0.1) is 11.3 Å². The second-order valence-corrected chi connectivity index (χ2v) is 7.01. The summed E-state index contributed by atoms with van der Waals surface area (Å²) >= 11 is 0. The number of aromatic nitrogens is 2. The highest BCUT2D eigenvalue weighted by Crippen LogP contribution is 2.29. The van der Waals surface area contributed by atoms with E-state index in [0.29, 0.717) is 5.69 Å². The highest BCUT2D eigenvalue weighted by Gasteiger charge is 2.39. The van der Waals surface area contributed by atoms with Gasteiger partial charge in [-0.3, -0.25) is 9.69 Å². The molecule has 0 bridgehead atoms. The summed E-state index contributed by atoms with van der Waals surface area (Å²) in [6.45, 7) is -0.0924. The smallest absolute Gasteiger partial charge is 0.229 e. The van der Waals surface area contributed by atoms with Crippen LogP contribution in [0.2, 0.25) is 0 Å². The Balaban J connectivity index is 2.08. The van der Waals surface area contributed by atoms with Gasteiger partial charge in [0.05, 0.1) is 11.9 Å². The maximum Gasteiger partial charge on any atom is 0.229 e. The lowest BCUT2D eigenvalue weighted by atomic mass is 10.3. The van der Waals surface area contributed by atoms with Crippen LogP contribution in [0.1, 0.15) is 12.0 Å². The topological polar surface area (TPSA) is 122 Å². The van der Waals surface area contributed by atoms with Crippen LogP contribution in [0.15, 0.2) is 36.5 Å². The SMILES string of the molecule is N#Cc1cnn(-c2ccccc2)c1N1CC(S(N)(=O)=O)CC1=O. The summed E-state index contributed by atoms with van der Waals surface area (Å²) < 4.78 is 24.5. The van der Waals surface area contributed by atoms with E-state index in [4.69, 9.17) is 5.14 Å². The number of carbonyl (C=O) groups excluding carboxylic acids is 1. The summed E-state index contributed by atoms with van der Waals surface area (Å²) in [4.78, 5) is 13.5. The first kappa shape index (κ1) is 15.2. The Morgan fingerprint density at radius 1 is 1.30 bits per heavy atom. The van der Waals surface area contributed by atoms with Gasteiger partial charge in [0.25, 0.3) is 0 Å². The first-order chi connectivity index (χ1) is 10.9. The molecule has 2 aromatic rings. The van der Waals surface area contributed by atoms with E-state index in [1.165, 1.54) is 15.8 Å². The number of nitrogens with zero attached hydrogens (tertiary/aromatic N) is 4. The number of nitriles is 1. The molecule has 0 radical (unpaired) electrons. The number of amides is 1. The van der Waals surface area contributed by atoms with Gasteiger partial charge in [-0.25, -0.2) is 18.2 Å². The molecule has 3 rings (SSSR count). The number of anilines is 1. The average Bonchev–Trinajstić information content (AvgIpc) is 3.10. The minimum atomic E-state index is -3.83. The van der Waals surface area contributed by atoms with Gasteiger partial charge in [-0.1, -0.05) is 18.2 Å². The van der Waals surface area contributed by atoms with E-state index in [-0.39, 0.29) is 24.3 Å². The van der Waals surface area contributed by atoms with Crippen molar-refractivity contribution in [2.45, 2.75) is 11.7 Å². The van der Waals surface area contributed by atoms with Crippen molar-refractivity contribution in [3.05, 3.63) is 42.1 Å². The van der Waals surface area contributed by atoms with Gasteiger partial charge in [-0.05, 0) is 12.1 Å². The van der Waals surface area contributed by atoms with Gasteiger partial charge in [-0.2, -0.15) is 10.4 Å². The van der Waals surface area contributed by atoms with Gasteiger partial charge in [-0.15, -0.1) is 0 Å².